The van der Waals surface area contributed by atoms with Gasteiger partial charge in [0.1, 0.15) is 12.4 Å². The second-order valence-electron chi connectivity index (χ2n) is 3.79. The first kappa shape index (κ1) is 14.9. The quantitative estimate of drug-likeness (QED) is 0.628. The molecule has 0 heterocycles. The van der Waals surface area contributed by atoms with E-state index in [1.54, 1.807) is 0 Å². The zero-order valence-corrected chi connectivity index (χ0v) is 10.7. The lowest BCUT2D eigenvalue weighted by atomic mass is 10.1. The molecule has 0 atom stereocenters. The second kappa shape index (κ2) is 8.84. The normalized spacial score (nSPS) is 9.47. The summed E-state index contributed by atoms with van der Waals surface area (Å²) < 4.78 is 5.26. The number of rotatable bonds is 7. The third kappa shape index (κ3) is 6.34. The van der Waals surface area contributed by atoms with Gasteiger partial charge in [-0.15, -0.1) is 6.42 Å². The van der Waals surface area contributed by atoms with Crippen molar-refractivity contribution in [2.75, 3.05) is 26.3 Å². The number of amides is 2. The van der Waals surface area contributed by atoms with Gasteiger partial charge in [-0.3, -0.25) is 0 Å². The lowest BCUT2D eigenvalue weighted by Crippen LogP contribution is -2.37. The largest absolute Gasteiger partial charge is 0.481 e. The average molecular weight is 262 g/mol. The maximum atomic E-state index is 11.2. The fourth-order valence-electron chi connectivity index (χ4n) is 1.43. The number of benzene rings is 1. The zero-order chi connectivity index (χ0) is 13.9. The minimum absolute atomic E-state index is 0.0630. The molecule has 5 heteroatoms. The van der Waals surface area contributed by atoms with Crippen LogP contribution in [0.2, 0.25) is 0 Å². The van der Waals surface area contributed by atoms with Gasteiger partial charge in [-0.25, -0.2) is 4.79 Å². The Hall–Kier alpha value is -2.19. The molecular weight excluding hydrogens is 244 g/mol. The van der Waals surface area contributed by atoms with Crippen molar-refractivity contribution in [3.8, 4) is 18.1 Å². The summed E-state index contributed by atoms with van der Waals surface area (Å²) >= 11 is 0. The molecule has 0 fully saturated rings. The number of carbonyl (C=O) groups excluding carboxylic acids is 1. The number of terminal acetylenes is 1. The molecule has 3 N–H and O–H groups in total. The van der Waals surface area contributed by atoms with E-state index in [-0.39, 0.29) is 25.8 Å². The summed E-state index contributed by atoms with van der Waals surface area (Å²) in [6, 6.07) is 7.28. The van der Waals surface area contributed by atoms with E-state index in [9.17, 15) is 4.79 Å². The minimum atomic E-state index is -0.275. The number of carbonyl (C=O) groups is 1. The molecule has 102 valence electrons. The van der Waals surface area contributed by atoms with Crippen LogP contribution in [0.5, 0.6) is 5.75 Å². The number of nitrogens with one attached hydrogen (secondary N) is 2. The maximum Gasteiger partial charge on any atom is 0.314 e. The van der Waals surface area contributed by atoms with Crippen LogP contribution in [0, 0.1) is 12.3 Å². The van der Waals surface area contributed by atoms with E-state index < -0.39 is 0 Å². The molecule has 0 unspecified atom stereocenters. The molecule has 1 aromatic rings. The summed E-state index contributed by atoms with van der Waals surface area (Å²) in [7, 11) is 0. The number of aliphatic hydroxyl groups is 1. The van der Waals surface area contributed by atoms with Crippen LogP contribution in [0.1, 0.15) is 5.56 Å². The van der Waals surface area contributed by atoms with Crippen LogP contribution in [0.15, 0.2) is 24.3 Å². The van der Waals surface area contributed by atoms with Crippen molar-refractivity contribution in [3.05, 3.63) is 29.8 Å². The summed E-state index contributed by atoms with van der Waals surface area (Å²) in [5, 5.41) is 13.7. The first-order valence-electron chi connectivity index (χ1n) is 6.04. The Morgan fingerprint density at radius 3 is 2.58 bits per heavy atom. The Morgan fingerprint density at radius 2 is 1.95 bits per heavy atom. The van der Waals surface area contributed by atoms with Crippen molar-refractivity contribution >= 4 is 6.03 Å². The highest BCUT2D eigenvalue weighted by Gasteiger charge is 1.99. The minimum Gasteiger partial charge on any atom is -0.481 e. The standard InChI is InChI=1S/C14H18N2O3/c1-2-11-19-13-5-3-12(4-6-13)7-8-15-14(18)16-9-10-17/h1,3-6,17H,7-11H2,(H2,15,16,18). The molecule has 19 heavy (non-hydrogen) atoms. The van der Waals surface area contributed by atoms with Gasteiger partial charge in [0.05, 0.1) is 6.61 Å². The molecule has 0 aliphatic rings. The molecule has 0 aromatic heterocycles. The van der Waals surface area contributed by atoms with E-state index in [0.717, 1.165) is 17.7 Å². The van der Waals surface area contributed by atoms with E-state index in [2.05, 4.69) is 16.6 Å². The van der Waals surface area contributed by atoms with Crippen molar-refractivity contribution in [1.29, 1.82) is 0 Å². The topological polar surface area (TPSA) is 70.6 Å². The highest BCUT2D eigenvalue weighted by Crippen LogP contribution is 2.12. The Kier molecular flexibility index (Phi) is 6.92. The van der Waals surface area contributed by atoms with Gasteiger partial charge < -0.3 is 20.5 Å². The fourth-order valence-corrected chi connectivity index (χ4v) is 1.43. The first-order chi connectivity index (χ1) is 9.26. The SMILES string of the molecule is C#CCOc1ccc(CCNC(=O)NCCO)cc1. The molecule has 0 saturated carbocycles. The maximum absolute atomic E-state index is 11.2. The summed E-state index contributed by atoms with van der Waals surface area (Å²) in [5.74, 6) is 3.13. The molecule has 1 rings (SSSR count). The predicted octanol–water partition coefficient (Wildman–Crippen LogP) is 0.533. The number of hydrogen-bond acceptors (Lipinski definition) is 3. The van der Waals surface area contributed by atoms with E-state index in [1.165, 1.54) is 0 Å². The van der Waals surface area contributed by atoms with Crippen molar-refractivity contribution in [2.45, 2.75) is 6.42 Å². The number of hydrogen-bond donors (Lipinski definition) is 3. The summed E-state index contributed by atoms with van der Waals surface area (Å²) in [4.78, 5) is 11.2. The Bertz CT molecular complexity index is 423. The van der Waals surface area contributed by atoms with Crippen molar-refractivity contribution < 1.29 is 14.6 Å². The Balaban J connectivity index is 2.26. The van der Waals surface area contributed by atoms with E-state index >= 15 is 0 Å². The molecule has 5 nitrogen and oxygen atoms in total. The van der Waals surface area contributed by atoms with Crippen molar-refractivity contribution in [3.63, 3.8) is 0 Å². The summed E-state index contributed by atoms with van der Waals surface area (Å²) in [6.07, 6.45) is 5.82. The molecule has 0 aliphatic carbocycles. The van der Waals surface area contributed by atoms with Crippen LogP contribution in [-0.2, 0) is 6.42 Å². The third-order valence-electron chi connectivity index (χ3n) is 2.34. The Morgan fingerprint density at radius 1 is 1.26 bits per heavy atom. The van der Waals surface area contributed by atoms with Crippen LogP contribution in [0.25, 0.3) is 0 Å². The average Bonchev–Trinajstić information content (AvgIpc) is 2.44. The van der Waals surface area contributed by atoms with Gasteiger partial charge in [-0.2, -0.15) is 0 Å². The van der Waals surface area contributed by atoms with Gasteiger partial charge in [0, 0.05) is 13.1 Å². The lowest BCUT2D eigenvalue weighted by molar-refractivity contribution is 0.234. The predicted molar refractivity (Wildman–Crippen MR) is 73.0 cm³/mol. The van der Waals surface area contributed by atoms with Crippen LogP contribution in [0.4, 0.5) is 4.79 Å². The van der Waals surface area contributed by atoms with Crippen LogP contribution in [0.3, 0.4) is 0 Å². The molecule has 0 radical (unpaired) electrons. The van der Waals surface area contributed by atoms with Crippen LogP contribution in [-0.4, -0.2) is 37.4 Å². The van der Waals surface area contributed by atoms with Gasteiger partial charge in [-0.1, -0.05) is 18.1 Å². The monoisotopic (exact) mass is 262 g/mol. The zero-order valence-electron chi connectivity index (χ0n) is 10.7. The summed E-state index contributed by atoms with van der Waals surface area (Å²) in [5.41, 5.74) is 1.09. The number of urea groups is 1. The first-order valence-corrected chi connectivity index (χ1v) is 6.04. The smallest absolute Gasteiger partial charge is 0.314 e. The number of aliphatic hydroxyl groups excluding tert-OH is 1. The van der Waals surface area contributed by atoms with Crippen LogP contribution < -0.4 is 15.4 Å². The van der Waals surface area contributed by atoms with Gasteiger partial charge >= 0.3 is 6.03 Å². The van der Waals surface area contributed by atoms with Crippen LogP contribution >= 0.6 is 0 Å². The van der Waals surface area contributed by atoms with E-state index in [1.807, 2.05) is 24.3 Å². The number of ether oxygens (including phenoxy) is 1. The Labute approximate surface area is 113 Å². The van der Waals surface area contributed by atoms with Gasteiger partial charge in [-0.05, 0) is 24.1 Å². The van der Waals surface area contributed by atoms with E-state index in [4.69, 9.17) is 16.3 Å². The molecule has 1 aromatic carbocycles. The molecule has 0 bridgehead atoms. The lowest BCUT2D eigenvalue weighted by Gasteiger charge is -2.07. The molecule has 0 aliphatic heterocycles. The van der Waals surface area contributed by atoms with Crippen molar-refractivity contribution in [2.24, 2.45) is 0 Å². The van der Waals surface area contributed by atoms with Gasteiger partial charge in [0.2, 0.25) is 0 Å². The van der Waals surface area contributed by atoms with Crippen molar-refractivity contribution in [1.82, 2.24) is 10.6 Å². The fraction of sp³-hybridized carbons (Fsp3) is 0.357. The van der Waals surface area contributed by atoms with E-state index in [0.29, 0.717) is 6.54 Å². The second-order valence-corrected chi connectivity index (χ2v) is 3.79. The molecule has 0 spiro atoms. The highest BCUT2D eigenvalue weighted by atomic mass is 16.5. The van der Waals surface area contributed by atoms with Gasteiger partial charge in [0.25, 0.3) is 0 Å². The van der Waals surface area contributed by atoms with Gasteiger partial charge in [0.15, 0.2) is 0 Å². The summed E-state index contributed by atoms with van der Waals surface area (Å²) in [6.45, 7) is 0.980. The highest BCUT2D eigenvalue weighted by molar-refractivity contribution is 5.73. The third-order valence-corrected chi connectivity index (χ3v) is 2.34. The molecule has 2 amide bonds. The molecular formula is C14H18N2O3. The molecule has 0 saturated heterocycles.